The zero-order chi connectivity index (χ0) is 12.1. The summed E-state index contributed by atoms with van der Waals surface area (Å²) in [4.78, 5) is 16.0. The number of carbonyl (C=O) groups is 1. The number of carbonyl (C=O) groups excluding carboxylic acids is 1. The molecule has 1 aliphatic carbocycles. The largest absolute Gasteiger partial charge is 0.458 e. The SMILES string of the molecule is O=C(OC1CCCCCC1)c1cccc(Br)n1. The van der Waals surface area contributed by atoms with Gasteiger partial charge in [0.25, 0.3) is 0 Å². The van der Waals surface area contributed by atoms with Gasteiger partial charge in [-0.3, -0.25) is 0 Å². The standard InChI is InChI=1S/C13H16BrNO2/c14-12-9-5-8-11(15-12)13(16)17-10-6-3-1-2-4-7-10/h5,8-10H,1-4,6-7H2. The normalized spacial score (nSPS) is 17.5. The second-order valence-corrected chi connectivity index (χ2v) is 5.18. The minimum Gasteiger partial charge on any atom is -0.458 e. The van der Waals surface area contributed by atoms with E-state index in [0.29, 0.717) is 10.3 Å². The van der Waals surface area contributed by atoms with Crippen molar-refractivity contribution in [1.29, 1.82) is 0 Å². The van der Waals surface area contributed by atoms with Crippen LogP contribution >= 0.6 is 15.9 Å². The maximum absolute atomic E-state index is 11.9. The van der Waals surface area contributed by atoms with E-state index in [-0.39, 0.29) is 12.1 Å². The van der Waals surface area contributed by atoms with Crippen molar-refractivity contribution in [2.75, 3.05) is 0 Å². The maximum atomic E-state index is 11.9. The second kappa shape index (κ2) is 6.15. The van der Waals surface area contributed by atoms with E-state index in [0.717, 1.165) is 25.7 Å². The molecule has 3 nitrogen and oxygen atoms in total. The molecule has 0 atom stereocenters. The zero-order valence-electron chi connectivity index (χ0n) is 9.69. The highest BCUT2D eigenvalue weighted by Crippen LogP contribution is 2.20. The molecule has 92 valence electrons. The lowest BCUT2D eigenvalue weighted by Gasteiger charge is -2.14. The number of pyridine rings is 1. The summed E-state index contributed by atoms with van der Waals surface area (Å²) in [5.74, 6) is -0.307. The Bertz CT molecular complexity index is 387. The molecule has 1 fully saturated rings. The average molecular weight is 298 g/mol. The van der Waals surface area contributed by atoms with Crippen molar-refractivity contribution < 1.29 is 9.53 Å². The average Bonchev–Trinajstić information content (AvgIpc) is 2.57. The van der Waals surface area contributed by atoms with Gasteiger partial charge in [-0.1, -0.05) is 18.9 Å². The van der Waals surface area contributed by atoms with Crippen LogP contribution < -0.4 is 0 Å². The van der Waals surface area contributed by atoms with Gasteiger partial charge in [-0.2, -0.15) is 0 Å². The van der Waals surface area contributed by atoms with Crippen molar-refractivity contribution in [3.63, 3.8) is 0 Å². The van der Waals surface area contributed by atoms with E-state index in [2.05, 4.69) is 20.9 Å². The molecule has 1 aliphatic rings. The van der Waals surface area contributed by atoms with Gasteiger partial charge >= 0.3 is 5.97 Å². The smallest absolute Gasteiger partial charge is 0.357 e. The first-order valence-corrected chi connectivity index (χ1v) is 6.88. The van der Waals surface area contributed by atoms with Crippen LogP contribution in [-0.2, 0) is 4.74 Å². The second-order valence-electron chi connectivity index (χ2n) is 4.36. The molecule has 2 rings (SSSR count). The summed E-state index contributed by atoms with van der Waals surface area (Å²) >= 11 is 3.25. The molecule has 0 amide bonds. The van der Waals surface area contributed by atoms with E-state index < -0.39 is 0 Å². The first-order chi connectivity index (χ1) is 8.25. The molecular weight excluding hydrogens is 282 g/mol. The summed E-state index contributed by atoms with van der Waals surface area (Å²) < 4.78 is 6.15. The van der Waals surface area contributed by atoms with Gasteiger partial charge in [0.1, 0.15) is 16.4 Å². The van der Waals surface area contributed by atoms with Gasteiger partial charge in [0.05, 0.1) is 0 Å². The van der Waals surface area contributed by atoms with Gasteiger partial charge in [-0.25, -0.2) is 9.78 Å². The third-order valence-electron chi connectivity index (χ3n) is 3.00. The summed E-state index contributed by atoms with van der Waals surface area (Å²) in [6.45, 7) is 0. The van der Waals surface area contributed by atoms with E-state index in [9.17, 15) is 4.79 Å². The zero-order valence-corrected chi connectivity index (χ0v) is 11.3. The Kier molecular flexibility index (Phi) is 4.54. The van der Waals surface area contributed by atoms with Crippen LogP contribution in [0.5, 0.6) is 0 Å². The van der Waals surface area contributed by atoms with Crippen LogP contribution in [0, 0.1) is 0 Å². The van der Waals surface area contributed by atoms with Crippen LogP contribution in [0.4, 0.5) is 0 Å². The lowest BCUT2D eigenvalue weighted by molar-refractivity contribution is 0.0260. The van der Waals surface area contributed by atoms with Crippen molar-refractivity contribution in [3.05, 3.63) is 28.5 Å². The van der Waals surface area contributed by atoms with Crippen molar-refractivity contribution in [3.8, 4) is 0 Å². The summed E-state index contributed by atoms with van der Waals surface area (Å²) in [5.41, 5.74) is 0.378. The van der Waals surface area contributed by atoms with E-state index in [1.54, 1.807) is 18.2 Å². The molecule has 1 aromatic heterocycles. The fraction of sp³-hybridized carbons (Fsp3) is 0.538. The molecule has 0 bridgehead atoms. The lowest BCUT2D eigenvalue weighted by Crippen LogP contribution is -2.18. The highest BCUT2D eigenvalue weighted by Gasteiger charge is 2.18. The van der Waals surface area contributed by atoms with Crippen LogP contribution in [0.2, 0.25) is 0 Å². The molecule has 0 aliphatic heterocycles. The summed E-state index contributed by atoms with van der Waals surface area (Å²) in [7, 11) is 0. The number of esters is 1. The predicted molar refractivity (Wildman–Crippen MR) is 68.8 cm³/mol. The molecule has 1 aromatic rings. The Morgan fingerprint density at radius 1 is 1.24 bits per heavy atom. The fourth-order valence-corrected chi connectivity index (χ4v) is 2.44. The molecule has 1 saturated carbocycles. The number of hydrogen-bond donors (Lipinski definition) is 0. The van der Waals surface area contributed by atoms with Crippen molar-refractivity contribution in [2.45, 2.75) is 44.6 Å². The number of hydrogen-bond acceptors (Lipinski definition) is 3. The minimum absolute atomic E-state index is 0.0748. The Morgan fingerprint density at radius 3 is 2.59 bits per heavy atom. The van der Waals surface area contributed by atoms with E-state index in [1.807, 2.05) is 0 Å². The van der Waals surface area contributed by atoms with E-state index in [4.69, 9.17) is 4.74 Å². The Balaban J connectivity index is 1.96. The Hall–Kier alpha value is -0.900. The molecule has 1 heterocycles. The number of halogens is 1. The minimum atomic E-state index is -0.307. The highest BCUT2D eigenvalue weighted by molar-refractivity contribution is 9.10. The Labute approximate surface area is 110 Å². The van der Waals surface area contributed by atoms with Gasteiger partial charge in [-0.15, -0.1) is 0 Å². The quantitative estimate of drug-likeness (QED) is 0.474. The molecule has 4 heteroatoms. The number of aromatic nitrogens is 1. The van der Waals surface area contributed by atoms with Crippen molar-refractivity contribution in [1.82, 2.24) is 4.98 Å². The third-order valence-corrected chi connectivity index (χ3v) is 3.44. The molecule has 0 N–H and O–H groups in total. The van der Waals surface area contributed by atoms with Crippen molar-refractivity contribution in [2.24, 2.45) is 0 Å². The van der Waals surface area contributed by atoms with Gasteiger partial charge in [0.15, 0.2) is 0 Å². The lowest BCUT2D eigenvalue weighted by atomic mass is 10.1. The molecule has 0 radical (unpaired) electrons. The fourth-order valence-electron chi connectivity index (χ4n) is 2.09. The van der Waals surface area contributed by atoms with Gasteiger partial charge in [0.2, 0.25) is 0 Å². The number of ether oxygens (including phenoxy) is 1. The molecule has 0 unspecified atom stereocenters. The monoisotopic (exact) mass is 297 g/mol. The molecular formula is C13H16BrNO2. The number of rotatable bonds is 2. The highest BCUT2D eigenvalue weighted by atomic mass is 79.9. The summed E-state index contributed by atoms with van der Waals surface area (Å²) in [6, 6.07) is 5.27. The first kappa shape index (κ1) is 12.6. The molecule has 17 heavy (non-hydrogen) atoms. The van der Waals surface area contributed by atoms with E-state index >= 15 is 0 Å². The summed E-state index contributed by atoms with van der Waals surface area (Å²) in [5, 5.41) is 0. The third kappa shape index (κ3) is 3.80. The molecule has 0 saturated heterocycles. The van der Waals surface area contributed by atoms with Gasteiger partial charge < -0.3 is 4.74 Å². The Morgan fingerprint density at radius 2 is 1.94 bits per heavy atom. The van der Waals surface area contributed by atoms with Crippen LogP contribution in [0.15, 0.2) is 22.8 Å². The molecule has 0 aromatic carbocycles. The maximum Gasteiger partial charge on any atom is 0.357 e. The number of nitrogens with zero attached hydrogens (tertiary/aromatic N) is 1. The van der Waals surface area contributed by atoms with Crippen LogP contribution in [0.3, 0.4) is 0 Å². The van der Waals surface area contributed by atoms with Crippen LogP contribution in [0.25, 0.3) is 0 Å². The van der Waals surface area contributed by atoms with Crippen molar-refractivity contribution >= 4 is 21.9 Å². The van der Waals surface area contributed by atoms with E-state index in [1.165, 1.54) is 12.8 Å². The predicted octanol–water partition coefficient (Wildman–Crippen LogP) is 3.72. The topological polar surface area (TPSA) is 39.2 Å². The first-order valence-electron chi connectivity index (χ1n) is 6.09. The van der Waals surface area contributed by atoms with Crippen LogP contribution in [0.1, 0.15) is 49.0 Å². The van der Waals surface area contributed by atoms with Gasteiger partial charge in [-0.05, 0) is 53.7 Å². The molecule has 0 spiro atoms. The van der Waals surface area contributed by atoms with Gasteiger partial charge in [0, 0.05) is 0 Å². The van der Waals surface area contributed by atoms with Crippen LogP contribution in [-0.4, -0.2) is 17.1 Å². The summed E-state index contributed by atoms with van der Waals surface area (Å²) in [6.07, 6.45) is 6.87.